The van der Waals surface area contributed by atoms with Gasteiger partial charge in [-0.15, -0.1) is 0 Å². The molecule has 3 aliphatic heterocycles. The molecule has 188 valence electrons. The number of rotatable bonds is 4. The van der Waals surface area contributed by atoms with Gasteiger partial charge < -0.3 is 9.80 Å². The molecule has 1 N–H and O–H groups in total. The SMILES string of the molecule is Cc1nc(N2CCCCC2)nc(N2CCCCC2)c1C=C1C(=O)NC(=S)N(c2ccc(Cl)cc2)C1=O. The molecule has 3 fully saturated rings. The molecule has 2 amide bonds. The summed E-state index contributed by atoms with van der Waals surface area (Å²) in [5.74, 6) is 0.481. The zero-order valence-corrected chi connectivity index (χ0v) is 21.9. The van der Waals surface area contributed by atoms with Crippen LogP contribution in [-0.2, 0) is 9.59 Å². The molecule has 0 atom stereocenters. The van der Waals surface area contributed by atoms with Crippen LogP contribution >= 0.6 is 23.8 Å². The quantitative estimate of drug-likeness (QED) is 0.364. The van der Waals surface area contributed by atoms with E-state index in [0.717, 1.165) is 69.3 Å². The molecule has 4 heterocycles. The third-order valence-electron chi connectivity index (χ3n) is 6.87. The second kappa shape index (κ2) is 10.5. The van der Waals surface area contributed by atoms with Crippen LogP contribution in [0.15, 0.2) is 29.8 Å². The lowest BCUT2D eigenvalue weighted by Crippen LogP contribution is -2.54. The average molecular weight is 525 g/mol. The molecule has 0 bridgehead atoms. The Kier molecular flexibility index (Phi) is 7.20. The van der Waals surface area contributed by atoms with Crippen molar-refractivity contribution in [3.8, 4) is 0 Å². The number of benzene rings is 1. The molecule has 0 radical (unpaired) electrons. The van der Waals surface area contributed by atoms with Gasteiger partial charge in [-0.05, 0) is 88.0 Å². The highest BCUT2D eigenvalue weighted by Gasteiger charge is 2.35. The number of aryl methyl sites for hydroxylation is 1. The van der Waals surface area contributed by atoms with Gasteiger partial charge in [0, 0.05) is 36.8 Å². The van der Waals surface area contributed by atoms with Crippen LogP contribution in [0, 0.1) is 6.92 Å². The summed E-state index contributed by atoms with van der Waals surface area (Å²) in [6, 6.07) is 6.75. The van der Waals surface area contributed by atoms with Gasteiger partial charge in [0.05, 0.1) is 11.4 Å². The van der Waals surface area contributed by atoms with Crippen molar-refractivity contribution in [3.63, 3.8) is 0 Å². The number of nitrogens with one attached hydrogen (secondary N) is 1. The Labute approximate surface area is 221 Å². The van der Waals surface area contributed by atoms with Crippen LogP contribution in [0.5, 0.6) is 0 Å². The van der Waals surface area contributed by atoms with E-state index in [9.17, 15) is 9.59 Å². The number of hydrogen-bond donors (Lipinski definition) is 1. The number of amides is 2. The van der Waals surface area contributed by atoms with Crippen molar-refractivity contribution in [2.45, 2.75) is 45.4 Å². The summed E-state index contributed by atoms with van der Waals surface area (Å²) in [4.78, 5) is 42.2. The summed E-state index contributed by atoms with van der Waals surface area (Å²) >= 11 is 11.4. The number of carbonyl (C=O) groups is 2. The highest BCUT2D eigenvalue weighted by Crippen LogP contribution is 2.31. The van der Waals surface area contributed by atoms with Crippen LogP contribution in [0.1, 0.15) is 49.8 Å². The minimum Gasteiger partial charge on any atom is -0.356 e. The van der Waals surface area contributed by atoms with Gasteiger partial charge in [0.25, 0.3) is 11.8 Å². The molecule has 0 aliphatic carbocycles. The minimum atomic E-state index is -0.528. The van der Waals surface area contributed by atoms with E-state index in [1.54, 1.807) is 30.3 Å². The van der Waals surface area contributed by atoms with E-state index in [1.165, 1.54) is 17.7 Å². The molecule has 5 rings (SSSR count). The highest BCUT2D eigenvalue weighted by molar-refractivity contribution is 7.80. The van der Waals surface area contributed by atoms with Crippen LogP contribution in [0.2, 0.25) is 5.02 Å². The first-order chi connectivity index (χ1) is 17.4. The van der Waals surface area contributed by atoms with Gasteiger partial charge in [-0.1, -0.05) is 11.6 Å². The van der Waals surface area contributed by atoms with Crippen LogP contribution in [-0.4, -0.2) is 53.1 Å². The monoisotopic (exact) mass is 524 g/mol. The number of piperidine rings is 2. The molecule has 1 aromatic heterocycles. The molecule has 36 heavy (non-hydrogen) atoms. The maximum atomic E-state index is 13.6. The predicted octanol–water partition coefficient (Wildman–Crippen LogP) is 4.25. The molecule has 3 aliphatic rings. The van der Waals surface area contributed by atoms with Crippen molar-refractivity contribution in [2.24, 2.45) is 0 Å². The summed E-state index contributed by atoms with van der Waals surface area (Å²) in [5.41, 5.74) is 1.96. The van der Waals surface area contributed by atoms with Crippen molar-refractivity contribution in [1.29, 1.82) is 0 Å². The molecule has 0 saturated carbocycles. The average Bonchev–Trinajstić information content (AvgIpc) is 2.89. The smallest absolute Gasteiger partial charge is 0.270 e. The van der Waals surface area contributed by atoms with Gasteiger partial charge in [0.1, 0.15) is 11.4 Å². The van der Waals surface area contributed by atoms with E-state index in [-0.39, 0.29) is 10.7 Å². The van der Waals surface area contributed by atoms with E-state index >= 15 is 0 Å². The van der Waals surface area contributed by atoms with Crippen molar-refractivity contribution < 1.29 is 9.59 Å². The number of thiocarbonyl (C=S) groups is 1. The standard InChI is InChI=1S/C26H29ClN6O2S/c1-17-20(16-21-23(34)30-26(36)33(24(21)35)19-10-8-18(27)9-11-19)22(31-12-4-2-5-13-31)29-25(28-17)32-14-6-3-7-15-32/h8-11,16H,2-7,12-15H2,1H3,(H,30,34,36). The molecule has 0 unspecified atom stereocenters. The number of carbonyl (C=O) groups excluding carboxylic acids is 2. The second-order valence-corrected chi connectivity index (χ2v) is 10.2. The van der Waals surface area contributed by atoms with Crippen LogP contribution in [0.4, 0.5) is 17.5 Å². The number of nitrogens with zero attached hydrogens (tertiary/aromatic N) is 5. The fourth-order valence-corrected chi connectivity index (χ4v) is 5.34. The fraction of sp³-hybridized carbons (Fsp3) is 0.423. The second-order valence-electron chi connectivity index (χ2n) is 9.38. The highest BCUT2D eigenvalue weighted by atomic mass is 35.5. The van der Waals surface area contributed by atoms with Gasteiger partial charge in [-0.25, -0.2) is 4.98 Å². The maximum absolute atomic E-state index is 13.6. The number of halogens is 1. The van der Waals surface area contributed by atoms with Gasteiger partial charge in [-0.3, -0.25) is 19.8 Å². The van der Waals surface area contributed by atoms with Crippen LogP contribution in [0.3, 0.4) is 0 Å². The van der Waals surface area contributed by atoms with Crippen molar-refractivity contribution in [3.05, 3.63) is 46.1 Å². The van der Waals surface area contributed by atoms with E-state index in [2.05, 4.69) is 15.1 Å². The minimum absolute atomic E-state index is 0.00534. The Morgan fingerprint density at radius 2 is 1.53 bits per heavy atom. The lowest BCUT2D eigenvalue weighted by molar-refractivity contribution is -0.122. The predicted molar refractivity (Wildman–Crippen MR) is 147 cm³/mol. The molecule has 2 aromatic rings. The largest absolute Gasteiger partial charge is 0.356 e. The molecular weight excluding hydrogens is 496 g/mol. The molecule has 8 nitrogen and oxygen atoms in total. The van der Waals surface area contributed by atoms with Crippen molar-refractivity contribution >= 4 is 64.3 Å². The molecule has 3 saturated heterocycles. The first kappa shape index (κ1) is 24.6. The molecular formula is C26H29ClN6O2S. The maximum Gasteiger partial charge on any atom is 0.270 e. The summed E-state index contributed by atoms with van der Waals surface area (Å²) in [7, 11) is 0. The molecule has 0 spiro atoms. The summed E-state index contributed by atoms with van der Waals surface area (Å²) in [6.07, 6.45) is 8.45. The Hall–Kier alpha value is -3.04. The van der Waals surface area contributed by atoms with E-state index in [0.29, 0.717) is 16.3 Å². The van der Waals surface area contributed by atoms with Gasteiger partial charge in [-0.2, -0.15) is 4.98 Å². The first-order valence-corrected chi connectivity index (χ1v) is 13.3. The Bertz CT molecular complexity index is 1220. The van der Waals surface area contributed by atoms with Crippen molar-refractivity contribution in [1.82, 2.24) is 15.3 Å². The van der Waals surface area contributed by atoms with Crippen molar-refractivity contribution in [2.75, 3.05) is 40.9 Å². The normalized spacial score (nSPS) is 20.2. The van der Waals surface area contributed by atoms with E-state index < -0.39 is 11.8 Å². The molecule has 1 aromatic carbocycles. The zero-order valence-electron chi connectivity index (χ0n) is 20.3. The van der Waals surface area contributed by atoms with Gasteiger partial charge in [0.15, 0.2) is 5.11 Å². The van der Waals surface area contributed by atoms with Gasteiger partial charge >= 0.3 is 0 Å². The third kappa shape index (κ3) is 4.95. The number of aromatic nitrogens is 2. The first-order valence-electron chi connectivity index (χ1n) is 12.5. The molecule has 10 heteroatoms. The van der Waals surface area contributed by atoms with E-state index in [4.69, 9.17) is 33.8 Å². The number of hydrogen-bond acceptors (Lipinski definition) is 7. The lowest BCUT2D eigenvalue weighted by Gasteiger charge is -2.33. The fourth-order valence-electron chi connectivity index (χ4n) is 4.93. The summed E-state index contributed by atoms with van der Waals surface area (Å²) < 4.78 is 0. The van der Waals surface area contributed by atoms with Crippen LogP contribution < -0.4 is 20.0 Å². The Morgan fingerprint density at radius 1 is 0.917 bits per heavy atom. The summed E-state index contributed by atoms with van der Waals surface area (Å²) in [6.45, 7) is 5.56. The van der Waals surface area contributed by atoms with Crippen LogP contribution in [0.25, 0.3) is 6.08 Å². The summed E-state index contributed by atoms with van der Waals surface area (Å²) in [5, 5.41) is 3.24. The Morgan fingerprint density at radius 3 is 2.17 bits per heavy atom. The number of anilines is 3. The lowest BCUT2D eigenvalue weighted by atomic mass is 10.0. The zero-order chi connectivity index (χ0) is 25.2. The van der Waals surface area contributed by atoms with Gasteiger partial charge in [0.2, 0.25) is 5.95 Å². The van der Waals surface area contributed by atoms with E-state index in [1.807, 2.05) is 6.92 Å². The topological polar surface area (TPSA) is 81.7 Å². The third-order valence-corrected chi connectivity index (χ3v) is 7.41. The Balaban J connectivity index is 1.57.